The highest BCUT2D eigenvalue weighted by Gasteiger charge is 2.39. The van der Waals surface area contributed by atoms with Crippen molar-refractivity contribution in [1.29, 1.82) is 0 Å². The molecule has 1 fully saturated rings. The van der Waals surface area contributed by atoms with E-state index in [1.165, 1.54) is 17.0 Å². The zero-order valence-electron chi connectivity index (χ0n) is 14.3. The molecule has 1 aromatic heterocycles. The van der Waals surface area contributed by atoms with Gasteiger partial charge in [-0.3, -0.25) is 4.79 Å². The summed E-state index contributed by atoms with van der Waals surface area (Å²) in [6, 6.07) is 14.9. The van der Waals surface area contributed by atoms with E-state index in [9.17, 15) is 9.18 Å². The number of aromatic nitrogens is 1. The molecule has 1 unspecified atom stereocenters. The fraction of sp³-hybridized carbons (Fsp3) is 0.286. The summed E-state index contributed by atoms with van der Waals surface area (Å²) in [6.07, 6.45) is 4.13. The van der Waals surface area contributed by atoms with Crippen molar-refractivity contribution >= 4 is 16.7 Å². The zero-order chi connectivity index (χ0) is 17.4. The Hall–Kier alpha value is -2.46. The Morgan fingerprint density at radius 3 is 2.64 bits per heavy atom. The first-order chi connectivity index (χ1) is 12.1. The Morgan fingerprint density at radius 2 is 1.92 bits per heavy atom. The average molecular weight is 337 g/mol. The lowest BCUT2D eigenvalue weighted by molar-refractivity contribution is -0.938. The van der Waals surface area contributed by atoms with Gasteiger partial charge in [-0.05, 0) is 25.1 Å². The number of carbonyl (C=O) groups is 1. The standard InChI is InChI=1S/C21H21FN2O/c1-14(21(25)19-12-23-20-5-3-2-4-18(19)20)24(17-10-11-17)13-15-6-8-16(22)9-7-15/h2-9,12,14,17,23H,10-11,13H2,1H3/p+1/t14-/m1/s1. The van der Waals surface area contributed by atoms with Crippen molar-refractivity contribution in [3.05, 3.63) is 71.7 Å². The lowest BCUT2D eigenvalue weighted by Crippen LogP contribution is -3.16. The van der Waals surface area contributed by atoms with E-state index < -0.39 is 0 Å². The summed E-state index contributed by atoms with van der Waals surface area (Å²) in [4.78, 5) is 17.6. The summed E-state index contributed by atoms with van der Waals surface area (Å²) in [6.45, 7) is 2.77. The highest BCUT2D eigenvalue weighted by molar-refractivity contribution is 6.09. The predicted molar refractivity (Wildman–Crippen MR) is 96.2 cm³/mol. The number of aromatic amines is 1. The Kier molecular flexibility index (Phi) is 4.14. The smallest absolute Gasteiger partial charge is 0.221 e. The van der Waals surface area contributed by atoms with Gasteiger partial charge in [0.05, 0.1) is 6.04 Å². The van der Waals surface area contributed by atoms with Crippen LogP contribution >= 0.6 is 0 Å². The first kappa shape index (κ1) is 16.0. The lowest BCUT2D eigenvalue weighted by Gasteiger charge is -2.25. The lowest BCUT2D eigenvalue weighted by atomic mass is 10.0. The SMILES string of the molecule is C[C@H](C(=O)c1c[nH]c2ccccc12)[NH+](Cc1ccc(F)cc1)C1CC1. The molecule has 3 aromatic rings. The van der Waals surface area contributed by atoms with Gasteiger partial charge in [0.2, 0.25) is 5.78 Å². The summed E-state index contributed by atoms with van der Waals surface area (Å²) in [5.41, 5.74) is 2.83. The topological polar surface area (TPSA) is 37.3 Å². The van der Waals surface area contributed by atoms with Crippen LogP contribution in [0.15, 0.2) is 54.7 Å². The van der Waals surface area contributed by atoms with Gasteiger partial charge in [-0.15, -0.1) is 0 Å². The summed E-state index contributed by atoms with van der Waals surface area (Å²) >= 11 is 0. The molecule has 25 heavy (non-hydrogen) atoms. The van der Waals surface area contributed by atoms with Crippen molar-refractivity contribution in [3.63, 3.8) is 0 Å². The molecule has 1 heterocycles. The van der Waals surface area contributed by atoms with Crippen LogP contribution in [0.2, 0.25) is 0 Å². The van der Waals surface area contributed by atoms with Crippen molar-refractivity contribution < 1.29 is 14.1 Å². The number of ketones is 1. The Labute approximate surface area is 146 Å². The van der Waals surface area contributed by atoms with Crippen LogP contribution in [0.4, 0.5) is 4.39 Å². The van der Waals surface area contributed by atoms with E-state index in [0.717, 1.165) is 41.4 Å². The van der Waals surface area contributed by atoms with Gasteiger partial charge in [0.25, 0.3) is 0 Å². The number of Topliss-reactive ketones (excluding diaryl/α,β-unsaturated/α-hetero) is 1. The molecule has 0 aliphatic heterocycles. The van der Waals surface area contributed by atoms with Crippen LogP contribution in [-0.4, -0.2) is 22.9 Å². The van der Waals surface area contributed by atoms with E-state index in [-0.39, 0.29) is 17.6 Å². The van der Waals surface area contributed by atoms with Gasteiger partial charge in [0, 0.05) is 41.1 Å². The Morgan fingerprint density at radius 1 is 1.20 bits per heavy atom. The van der Waals surface area contributed by atoms with Crippen LogP contribution < -0.4 is 4.90 Å². The van der Waals surface area contributed by atoms with Gasteiger partial charge in [-0.1, -0.05) is 30.3 Å². The normalized spacial score (nSPS) is 16.7. The van der Waals surface area contributed by atoms with Gasteiger partial charge < -0.3 is 9.88 Å². The highest BCUT2D eigenvalue weighted by atomic mass is 19.1. The number of fused-ring (bicyclic) bond motifs is 1. The minimum Gasteiger partial charge on any atom is -0.360 e. The van der Waals surface area contributed by atoms with Crippen LogP contribution in [0, 0.1) is 5.82 Å². The maximum absolute atomic E-state index is 13.2. The average Bonchev–Trinajstić information content (AvgIpc) is 3.38. The van der Waals surface area contributed by atoms with Gasteiger partial charge in [0.1, 0.15) is 18.4 Å². The molecular formula is C21H22FN2O+. The van der Waals surface area contributed by atoms with Crippen molar-refractivity contribution in [2.45, 2.75) is 38.4 Å². The van der Waals surface area contributed by atoms with E-state index in [4.69, 9.17) is 0 Å². The molecule has 128 valence electrons. The summed E-state index contributed by atoms with van der Waals surface area (Å²) < 4.78 is 13.2. The third-order valence-electron chi connectivity index (χ3n) is 5.23. The number of halogens is 1. The molecule has 0 radical (unpaired) electrons. The third kappa shape index (κ3) is 3.22. The molecule has 0 spiro atoms. The first-order valence-electron chi connectivity index (χ1n) is 8.84. The van der Waals surface area contributed by atoms with Crippen molar-refractivity contribution in [1.82, 2.24) is 4.98 Å². The number of benzene rings is 2. The second kappa shape index (κ2) is 6.45. The number of hydrogen-bond donors (Lipinski definition) is 2. The molecule has 4 heteroatoms. The molecule has 2 atom stereocenters. The monoisotopic (exact) mass is 337 g/mol. The molecule has 0 bridgehead atoms. The molecule has 1 saturated carbocycles. The molecule has 1 aliphatic rings. The molecule has 4 rings (SSSR count). The second-order valence-electron chi connectivity index (χ2n) is 6.99. The maximum Gasteiger partial charge on any atom is 0.221 e. The van der Waals surface area contributed by atoms with Crippen LogP contribution in [0.25, 0.3) is 10.9 Å². The minimum atomic E-state index is -0.223. The van der Waals surface area contributed by atoms with E-state index in [1.54, 1.807) is 0 Å². The van der Waals surface area contributed by atoms with Crippen molar-refractivity contribution in [2.24, 2.45) is 0 Å². The Balaban J connectivity index is 1.59. The number of para-hydroxylation sites is 1. The van der Waals surface area contributed by atoms with Gasteiger partial charge in [0.15, 0.2) is 0 Å². The number of quaternary nitrogens is 1. The first-order valence-corrected chi connectivity index (χ1v) is 8.84. The van der Waals surface area contributed by atoms with Crippen LogP contribution in [-0.2, 0) is 6.54 Å². The quantitative estimate of drug-likeness (QED) is 0.666. The van der Waals surface area contributed by atoms with Crippen LogP contribution in [0.5, 0.6) is 0 Å². The molecule has 1 aliphatic carbocycles. The number of hydrogen-bond acceptors (Lipinski definition) is 1. The number of H-pyrrole nitrogens is 1. The summed E-state index contributed by atoms with van der Waals surface area (Å²) in [5.74, 6) is -0.0545. The van der Waals surface area contributed by atoms with E-state index in [2.05, 4.69) is 4.98 Å². The van der Waals surface area contributed by atoms with E-state index >= 15 is 0 Å². The van der Waals surface area contributed by atoms with E-state index in [0.29, 0.717) is 6.04 Å². The molecule has 3 nitrogen and oxygen atoms in total. The minimum absolute atomic E-state index is 0.128. The third-order valence-corrected chi connectivity index (χ3v) is 5.23. The maximum atomic E-state index is 13.2. The van der Waals surface area contributed by atoms with Crippen LogP contribution in [0.1, 0.15) is 35.7 Å². The second-order valence-corrected chi connectivity index (χ2v) is 6.99. The summed E-state index contributed by atoms with van der Waals surface area (Å²) in [5, 5.41) is 0.983. The van der Waals surface area contributed by atoms with Crippen molar-refractivity contribution in [3.8, 4) is 0 Å². The summed E-state index contributed by atoms with van der Waals surface area (Å²) in [7, 11) is 0. The number of carbonyl (C=O) groups excluding carboxylic acids is 1. The number of nitrogens with one attached hydrogen (secondary N) is 2. The molecule has 0 amide bonds. The van der Waals surface area contributed by atoms with Crippen molar-refractivity contribution in [2.75, 3.05) is 0 Å². The molecule has 0 saturated heterocycles. The van der Waals surface area contributed by atoms with Gasteiger partial charge in [-0.25, -0.2) is 4.39 Å². The van der Waals surface area contributed by atoms with E-state index in [1.807, 2.05) is 49.5 Å². The van der Waals surface area contributed by atoms with Gasteiger partial charge in [-0.2, -0.15) is 0 Å². The van der Waals surface area contributed by atoms with Crippen LogP contribution in [0.3, 0.4) is 0 Å². The zero-order valence-corrected chi connectivity index (χ0v) is 14.3. The Bertz CT molecular complexity index is 896. The largest absolute Gasteiger partial charge is 0.360 e. The number of rotatable bonds is 6. The molecule has 2 N–H and O–H groups in total. The molecule has 2 aromatic carbocycles. The predicted octanol–water partition coefficient (Wildman–Crippen LogP) is 3.13. The van der Waals surface area contributed by atoms with Gasteiger partial charge >= 0.3 is 0 Å². The fourth-order valence-corrected chi connectivity index (χ4v) is 3.62. The highest BCUT2D eigenvalue weighted by Crippen LogP contribution is 2.21. The molecular weight excluding hydrogens is 315 g/mol. The fourth-order valence-electron chi connectivity index (χ4n) is 3.62.